The fourth-order valence-corrected chi connectivity index (χ4v) is 2.67. The normalized spacial score (nSPS) is 13.9. The van der Waals surface area contributed by atoms with Crippen LogP contribution < -0.4 is 0 Å². The minimum atomic E-state index is -0.266. The maximum atomic E-state index is 11.2. The summed E-state index contributed by atoms with van der Waals surface area (Å²) in [5.74, 6) is -0.198. The van der Waals surface area contributed by atoms with E-state index < -0.39 is 0 Å². The summed E-state index contributed by atoms with van der Waals surface area (Å²) in [6.45, 7) is 4.21. The lowest BCUT2D eigenvalue weighted by atomic mass is 9.85. The van der Waals surface area contributed by atoms with Crippen LogP contribution in [0.1, 0.15) is 78.1 Å². The third kappa shape index (κ3) is 9.93. The van der Waals surface area contributed by atoms with Crippen LogP contribution in [0.4, 0.5) is 0 Å². The summed E-state index contributed by atoms with van der Waals surface area (Å²) in [6, 6.07) is 0. The highest BCUT2D eigenvalue weighted by Crippen LogP contribution is 2.23. The van der Waals surface area contributed by atoms with Crippen molar-refractivity contribution in [3.05, 3.63) is 10.1 Å². The van der Waals surface area contributed by atoms with Crippen LogP contribution in [0.15, 0.2) is 0 Å². The maximum absolute atomic E-state index is 11.2. The molecule has 0 unspecified atom stereocenters. The number of nitro groups is 1. The molecule has 0 spiro atoms. The Kier molecular flexibility index (Phi) is 12.5. The van der Waals surface area contributed by atoms with Crippen molar-refractivity contribution in [3.63, 3.8) is 0 Å². The Morgan fingerprint density at radius 3 is 2.10 bits per heavy atom. The predicted molar refractivity (Wildman–Crippen MR) is 82.4 cm³/mol. The summed E-state index contributed by atoms with van der Waals surface area (Å²) in [5, 5.41) is 10.7. The Morgan fingerprint density at radius 2 is 1.55 bits per heavy atom. The molecule has 0 aliphatic rings. The van der Waals surface area contributed by atoms with Gasteiger partial charge in [-0.1, -0.05) is 65.2 Å². The maximum Gasteiger partial charge on any atom is 0.207 e. The number of carbonyl (C=O) groups is 1. The van der Waals surface area contributed by atoms with Gasteiger partial charge in [0.25, 0.3) is 0 Å². The topological polar surface area (TPSA) is 60.2 Å². The van der Waals surface area contributed by atoms with Crippen LogP contribution in [-0.4, -0.2) is 17.8 Å². The Bertz CT molecular complexity index is 256. The number of rotatable bonds is 14. The van der Waals surface area contributed by atoms with Crippen LogP contribution in [0, 0.1) is 22.0 Å². The highest BCUT2D eigenvalue weighted by molar-refractivity contribution is 5.53. The average Bonchev–Trinajstić information content (AvgIpc) is 2.42. The van der Waals surface area contributed by atoms with Crippen molar-refractivity contribution in [3.8, 4) is 0 Å². The van der Waals surface area contributed by atoms with E-state index in [2.05, 4.69) is 13.8 Å². The number of nitrogens with zero attached hydrogens (tertiary/aromatic N) is 1. The zero-order valence-electron chi connectivity index (χ0n) is 13.2. The summed E-state index contributed by atoms with van der Waals surface area (Å²) in [4.78, 5) is 21.7. The van der Waals surface area contributed by atoms with Gasteiger partial charge in [-0.25, -0.2) is 0 Å². The lowest BCUT2D eigenvalue weighted by Crippen LogP contribution is -2.24. The first-order chi connectivity index (χ1) is 9.65. The smallest absolute Gasteiger partial charge is 0.207 e. The number of hydrogen-bond acceptors (Lipinski definition) is 3. The van der Waals surface area contributed by atoms with E-state index in [1.807, 2.05) is 0 Å². The molecular formula is C16H31NO3. The van der Waals surface area contributed by atoms with Gasteiger partial charge in [-0.15, -0.1) is 0 Å². The standard InChI is InChI=1S/C16H31NO3/c1-3-5-7-8-9-10-12-16(14-18)15(11-6-4-2)13-17(19)20/h14-16H,3-13H2,1-2H3/t15-,16-/m0/s1. The van der Waals surface area contributed by atoms with E-state index in [-0.39, 0.29) is 23.3 Å². The van der Waals surface area contributed by atoms with E-state index >= 15 is 0 Å². The molecule has 20 heavy (non-hydrogen) atoms. The molecule has 0 bridgehead atoms. The zero-order chi connectivity index (χ0) is 15.2. The summed E-state index contributed by atoms with van der Waals surface area (Å²) in [5.41, 5.74) is 0. The third-order valence-electron chi connectivity index (χ3n) is 3.98. The fraction of sp³-hybridized carbons (Fsp3) is 0.938. The molecule has 4 nitrogen and oxygen atoms in total. The van der Waals surface area contributed by atoms with Crippen molar-refractivity contribution in [2.75, 3.05) is 6.54 Å². The molecule has 0 saturated carbocycles. The molecule has 0 aliphatic heterocycles. The van der Waals surface area contributed by atoms with Crippen molar-refractivity contribution < 1.29 is 9.72 Å². The number of unbranched alkanes of at least 4 members (excludes halogenated alkanes) is 6. The first-order valence-corrected chi connectivity index (χ1v) is 8.22. The van der Waals surface area contributed by atoms with Crippen LogP contribution in [0.2, 0.25) is 0 Å². The van der Waals surface area contributed by atoms with E-state index in [9.17, 15) is 14.9 Å². The van der Waals surface area contributed by atoms with Gasteiger partial charge in [0.2, 0.25) is 6.54 Å². The summed E-state index contributed by atoms with van der Waals surface area (Å²) >= 11 is 0. The molecule has 0 fully saturated rings. The quantitative estimate of drug-likeness (QED) is 0.202. The van der Waals surface area contributed by atoms with E-state index in [0.29, 0.717) is 0 Å². The molecule has 118 valence electrons. The first-order valence-electron chi connectivity index (χ1n) is 8.22. The van der Waals surface area contributed by atoms with E-state index in [1.165, 1.54) is 25.7 Å². The van der Waals surface area contributed by atoms with Gasteiger partial charge >= 0.3 is 0 Å². The van der Waals surface area contributed by atoms with Gasteiger partial charge < -0.3 is 4.79 Å². The van der Waals surface area contributed by atoms with E-state index in [4.69, 9.17) is 0 Å². The second-order valence-corrected chi connectivity index (χ2v) is 5.77. The fourth-order valence-electron chi connectivity index (χ4n) is 2.67. The SMILES string of the molecule is CCCCCCCC[C@@H](C=O)[C@@H](CCCC)C[N+](=O)[O-]. The lowest BCUT2D eigenvalue weighted by Gasteiger charge is -2.19. The minimum Gasteiger partial charge on any atom is -0.303 e. The molecule has 0 N–H and O–H groups in total. The summed E-state index contributed by atoms with van der Waals surface area (Å²) < 4.78 is 0. The predicted octanol–water partition coefficient (Wildman–Crippen LogP) is 4.64. The molecule has 0 aliphatic carbocycles. The average molecular weight is 285 g/mol. The molecule has 0 aromatic rings. The van der Waals surface area contributed by atoms with Crippen LogP contribution >= 0.6 is 0 Å². The van der Waals surface area contributed by atoms with Crippen LogP contribution in [0.3, 0.4) is 0 Å². The van der Waals surface area contributed by atoms with Crippen LogP contribution in [-0.2, 0) is 4.79 Å². The van der Waals surface area contributed by atoms with Gasteiger partial charge in [-0.2, -0.15) is 0 Å². The minimum absolute atomic E-state index is 0.0563. The summed E-state index contributed by atoms with van der Waals surface area (Å²) in [7, 11) is 0. The number of hydrogen-bond donors (Lipinski definition) is 0. The highest BCUT2D eigenvalue weighted by Gasteiger charge is 2.24. The molecule has 0 saturated heterocycles. The largest absolute Gasteiger partial charge is 0.303 e. The van der Waals surface area contributed by atoms with Gasteiger partial charge in [-0.3, -0.25) is 10.1 Å². The van der Waals surface area contributed by atoms with Crippen LogP contribution in [0.25, 0.3) is 0 Å². The van der Waals surface area contributed by atoms with Crippen LogP contribution in [0.5, 0.6) is 0 Å². The molecule has 0 aromatic carbocycles. The van der Waals surface area contributed by atoms with Gasteiger partial charge in [0, 0.05) is 16.8 Å². The van der Waals surface area contributed by atoms with Gasteiger partial charge in [-0.05, 0) is 12.8 Å². The molecule has 0 aromatic heterocycles. The monoisotopic (exact) mass is 285 g/mol. The molecule has 0 heterocycles. The molecule has 0 amide bonds. The van der Waals surface area contributed by atoms with Crippen molar-refractivity contribution in [1.82, 2.24) is 0 Å². The van der Waals surface area contributed by atoms with Crippen molar-refractivity contribution in [2.45, 2.75) is 78.1 Å². The third-order valence-corrected chi connectivity index (χ3v) is 3.98. The Hall–Kier alpha value is -0.930. The van der Waals surface area contributed by atoms with Crippen molar-refractivity contribution >= 4 is 6.29 Å². The Morgan fingerprint density at radius 1 is 0.950 bits per heavy atom. The van der Waals surface area contributed by atoms with Gasteiger partial charge in [0.15, 0.2) is 0 Å². The zero-order valence-corrected chi connectivity index (χ0v) is 13.2. The molecule has 2 atom stereocenters. The van der Waals surface area contributed by atoms with Gasteiger partial charge in [0.1, 0.15) is 6.29 Å². The molecular weight excluding hydrogens is 254 g/mol. The van der Waals surface area contributed by atoms with Gasteiger partial charge in [0.05, 0.1) is 0 Å². The van der Waals surface area contributed by atoms with Crippen molar-refractivity contribution in [1.29, 1.82) is 0 Å². The lowest BCUT2D eigenvalue weighted by molar-refractivity contribution is -0.489. The Balaban J connectivity index is 4.07. The molecule has 0 radical (unpaired) electrons. The highest BCUT2D eigenvalue weighted by atomic mass is 16.6. The van der Waals surface area contributed by atoms with E-state index in [0.717, 1.165) is 44.8 Å². The second kappa shape index (κ2) is 13.1. The Labute approximate surface area is 123 Å². The number of aldehydes is 1. The van der Waals surface area contributed by atoms with Crippen molar-refractivity contribution in [2.24, 2.45) is 11.8 Å². The second-order valence-electron chi connectivity index (χ2n) is 5.77. The summed E-state index contributed by atoms with van der Waals surface area (Å²) in [6.07, 6.45) is 11.7. The molecule has 0 rings (SSSR count). The van der Waals surface area contributed by atoms with E-state index in [1.54, 1.807) is 0 Å². The molecule has 4 heteroatoms. The first kappa shape index (κ1) is 19.1. The number of carbonyl (C=O) groups excluding carboxylic acids is 1.